The van der Waals surface area contributed by atoms with Gasteiger partial charge < -0.3 is 14.7 Å². The number of carbonyl (C=O) groups is 1. The average Bonchev–Trinajstić information content (AvgIpc) is 2.92. The Morgan fingerprint density at radius 1 is 1.62 bits per heavy atom. The lowest BCUT2D eigenvalue weighted by atomic mass is 9.99. The Bertz CT molecular complexity index is 487. The molecule has 0 aromatic carbocycles. The highest BCUT2D eigenvalue weighted by molar-refractivity contribution is 7.17. The first-order valence-corrected chi connectivity index (χ1v) is 8.36. The van der Waals surface area contributed by atoms with Crippen molar-refractivity contribution in [3.8, 4) is 0 Å². The summed E-state index contributed by atoms with van der Waals surface area (Å²) in [5, 5.41) is 10.2. The fraction of sp³-hybridized carbons (Fsp3) is 0.733. The molecule has 118 valence electrons. The van der Waals surface area contributed by atoms with Crippen molar-refractivity contribution in [1.29, 1.82) is 0 Å². The number of thiazole rings is 1. The molecule has 0 radical (unpaired) electrons. The molecular weight excluding hydrogens is 288 g/mol. The van der Waals surface area contributed by atoms with E-state index in [1.54, 1.807) is 7.11 Å². The number of aromatic nitrogens is 1. The molecule has 2 atom stereocenters. The molecule has 0 saturated carbocycles. The summed E-state index contributed by atoms with van der Waals surface area (Å²) in [4.78, 5) is 18.7. The Morgan fingerprint density at radius 2 is 2.38 bits per heavy atom. The summed E-state index contributed by atoms with van der Waals surface area (Å²) in [5.74, 6) is -0.173. The van der Waals surface area contributed by atoms with Crippen LogP contribution in [0.3, 0.4) is 0 Å². The maximum absolute atomic E-state index is 11.4. The number of aromatic carboxylic acids is 1. The van der Waals surface area contributed by atoms with E-state index in [-0.39, 0.29) is 5.92 Å². The van der Waals surface area contributed by atoms with Gasteiger partial charge in [-0.3, -0.25) is 0 Å². The molecule has 2 rings (SSSR count). The van der Waals surface area contributed by atoms with Crippen molar-refractivity contribution in [1.82, 2.24) is 4.98 Å². The highest BCUT2D eigenvalue weighted by Gasteiger charge is 2.26. The molecule has 2 heterocycles. The third kappa shape index (κ3) is 3.74. The van der Waals surface area contributed by atoms with Crippen LogP contribution in [0.1, 0.15) is 54.4 Å². The second-order valence-corrected chi connectivity index (χ2v) is 6.71. The minimum atomic E-state index is -0.862. The predicted molar refractivity (Wildman–Crippen MR) is 84.6 cm³/mol. The summed E-state index contributed by atoms with van der Waals surface area (Å²) in [7, 11) is 1.73. The Kier molecular flexibility index (Phi) is 5.58. The summed E-state index contributed by atoms with van der Waals surface area (Å²) in [6, 6.07) is 0. The van der Waals surface area contributed by atoms with Gasteiger partial charge in [0.1, 0.15) is 4.88 Å². The zero-order valence-electron chi connectivity index (χ0n) is 13.0. The summed E-state index contributed by atoms with van der Waals surface area (Å²) >= 11 is 1.31. The topological polar surface area (TPSA) is 62.7 Å². The molecule has 0 bridgehead atoms. The van der Waals surface area contributed by atoms with Gasteiger partial charge in [0.15, 0.2) is 5.13 Å². The SMILES string of the molecule is CCC(C)c1nc(N2CCCC(COC)C2)sc1C(=O)O. The summed E-state index contributed by atoms with van der Waals surface area (Å²) in [6.45, 7) is 6.71. The molecule has 1 aromatic rings. The smallest absolute Gasteiger partial charge is 0.347 e. The van der Waals surface area contributed by atoms with E-state index in [9.17, 15) is 9.90 Å². The number of piperidine rings is 1. The lowest BCUT2D eigenvalue weighted by Crippen LogP contribution is -2.37. The van der Waals surface area contributed by atoms with E-state index in [1.165, 1.54) is 17.8 Å². The van der Waals surface area contributed by atoms with Gasteiger partial charge in [0, 0.05) is 20.2 Å². The second kappa shape index (κ2) is 7.22. The lowest BCUT2D eigenvalue weighted by Gasteiger charge is -2.32. The first-order chi connectivity index (χ1) is 10.1. The molecule has 1 N–H and O–H groups in total. The maximum Gasteiger partial charge on any atom is 0.347 e. The van der Waals surface area contributed by atoms with Crippen LogP contribution in [0.2, 0.25) is 0 Å². The third-order valence-corrected chi connectivity index (χ3v) is 5.23. The lowest BCUT2D eigenvalue weighted by molar-refractivity contribution is 0.0700. The van der Waals surface area contributed by atoms with E-state index in [4.69, 9.17) is 4.74 Å². The number of hydrogen-bond donors (Lipinski definition) is 1. The molecule has 2 unspecified atom stereocenters. The van der Waals surface area contributed by atoms with Crippen molar-refractivity contribution < 1.29 is 14.6 Å². The van der Waals surface area contributed by atoms with Crippen molar-refractivity contribution in [2.75, 3.05) is 31.7 Å². The highest BCUT2D eigenvalue weighted by atomic mass is 32.1. The van der Waals surface area contributed by atoms with Crippen molar-refractivity contribution >= 4 is 22.4 Å². The highest BCUT2D eigenvalue weighted by Crippen LogP contribution is 2.34. The van der Waals surface area contributed by atoms with Crippen molar-refractivity contribution in [3.63, 3.8) is 0 Å². The molecule has 6 heteroatoms. The molecule has 1 aliphatic heterocycles. The average molecular weight is 312 g/mol. The van der Waals surface area contributed by atoms with Crippen LogP contribution in [0.5, 0.6) is 0 Å². The number of carboxylic acids is 1. The molecule has 1 saturated heterocycles. The van der Waals surface area contributed by atoms with Crippen LogP contribution in [0.4, 0.5) is 5.13 Å². The molecule has 1 fully saturated rings. The number of carboxylic acid groups (broad SMARTS) is 1. The molecule has 1 aromatic heterocycles. The predicted octanol–water partition coefficient (Wildman–Crippen LogP) is 3.22. The Labute approximate surface area is 129 Å². The van der Waals surface area contributed by atoms with Gasteiger partial charge in [0.25, 0.3) is 0 Å². The van der Waals surface area contributed by atoms with Crippen LogP contribution >= 0.6 is 11.3 Å². The molecular formula is C15H24N2O3S. The van der Waals surface area contributed by atoms with Gasteiger partial charge in [-0.1, -0.05) is 25.2 Å². The van der Waals surface area contributed by atoms with Crippen LogP contribution in [0, 0.1) is 5.92 Å². The Hall–Kier alpha value is -1.14. The molecule has 0 aliphatic carbocycles. The van der Waals surface area contributed by atoms with E-state index >= 15 is 0 Å². The van der Waals surface area contributed by atoms with Gasteiger partial charge in [-0.25, -0.2) is 9.78 Å². The normalized spacial score (nSPS) is 20.5. The Morgan fingerprint density at radius 3 is 3.00 bits per heavy atom. The Balaban J connectivity index is 2.21. The third-order valence-electron chi connectivity index (χ3n) is 4.11. The number of rotatable bonds is 6. The van der Waals surface area contributed by atoms with Crippen LogP contribution in [-0.2, 0) is 4.74 Å². The first-order valence-electron chi connectivity index (χ1n) is 7.54. The number of methoxy groups -OCH3 is 1. The fourth-order valence-electron chi connectivity index (χ4n) is 2.75. The monoisotopic (exact) mass is 312 g/mol. The second-order valence-electron chi connectivity index (χ2n) is 5.73. The number of nitrogens with zero attached hydrogens (tertiary/aromatic N) is 2. The van der Waals surface area contributed by atoms with Crippen LogP contribution in [0.15, 0.2) is 0 Å². The minimum Gasteiger partial charge on any atom is -0.477 e. The van der Waals surface area contributed by atoms with Crippen LogP contribution in [-0.4, -0.2) is 42.9 Å². The van der Waals surface area contributed by atoms with Gasteiger partial charge in [-0.2, -0.15) is 0 Å². The van der Waals surface area contributed by atoms with E-state index in [0.717, 1.165) is 43.4 Å². The van der Waals surface area contributed by atoms with Crippen molar-refractivity contribution in [2.24, 2.45) is 5.92 Å². The van der Waals surface area contributed by atoms with Gasteiger partial charge in [-0.15, -0.1) is 0 Å². The summed E-state index contributed by atoms with van der Waals surface area (Å²) < 4.78 is 5.25. The van der Waals surface area contributed by atoms with Crippen molar-refractivity contribution in [3.05, 3.63) is 10.6 Å². The fourth-order valence-corrected chi connectivity index (χ4v) is 3.81. The number of hydrogen-bond acceptors (Lipinski definition) is 5. The zero-order chi connectivity index (χ0) is 15.4. The van der Waals surface area contributed by atoms with Gasteiger partial charge in [0.05, 0.1) is 12.3 Å². The molecule has 5 nitrogen and oxygen atoms in total. The summed E-state index contributed by atoms with van der Waals surface area (Å²) in [5.41, 5.74) is 0.735. The van der Waals surface area contributed by atoms with E-state index < -0.39 is 5.97 Å². The quantitative estimate of drug-likeness (QED) is 0.874. The van der Waals surface area contributed by atoms with Crippen LogP contribution in [0.25, 0.3) is 0 Å². The van der Waals surface area contributed by atoms with E-state index in [1.807, 2.05) is 6.92 Å². The summed E-state index contributed by atoms with van der Waals surface area (Å²) in [6.07, 6.45) is 3.17. The number of anilines is 1. The standard InChI is InChI=1S/C15H24N2O3S/c1-4-10(2)12-13(14(18)19)21-15(16-12)17-7-5-6-11(8-17)9-20-3/h10-11H,4-9H2,1-3H3,(H,18,19). The first kappa shape index (κ1) is 16.2. The molecule has 0 spiro atoms. The van der Waals surface area contributed by atoms with E-state index in [2.05, 4.69) is 16.8 Å². The van der Waals surface area contributed by atoms with Crippen molar-refractivity contribution in [2.45, 2.75) is 39.0 Å². The van der Waals surface area contributed by atoms with Gasteiger partial charge in [0.2, 0.25) is 0 Å². The molecule has 0 amide bonds. The number of ether oxygens (including phenoxy) is 1. The zero-order valence-corrected chi connectivity index (χ0v) is 13.8. The largest absolute Gasteiger partial charge is 0.477 e. The minimum absolute atomic E-state index is 0.181. The molecule has 1 aliphatic rings. The van der Waals surface area contributed by atoms with Crippen LogP contribution < -0.4 is 4.90 Å². The van der Waals surface area contributed by atoms with E-state index in [0.29, 0.717) is 10.8 Å². The molecule has 21 heavy (non-hydrogen) atoms. The maximum atomic E-state index is 11.4. The van der Waals surface area contributed by atoms with Gasteiger partial charge >= 0.3 is 5.97 Å². The van der Waals surface area contributed by atoms with Gasteiger partial charge in [-0.05, 0) is 31.1 Å².